The van der Waals surface area contributed by atoms with Gasteiger partial charge in [-0.05, 0) is 71.2 Å². The van der Waals surface area contributed by atoms with Gasteiger partial charge in [-0.2, -0.15) is 5.10 Å². The van der Waals surface area contributed by atoms with E-state index < -0.39 is 0 Å². The van der Waals surface area contributed by atoms with Crippen molar-refractivity contribution in [2.75, 3.05) is 18.4 Å². The first kappa shape index (κ1) is 14.9. The Morgan fingerprint density at radius 2 is 1.91 bits per heavy atom. The Hall–Kier alpha value is -1.62. The molecule has 0 bridgehead atoms. The Balaban J connectivity index is 1.48. The summed E-state index contributed by atoms with van der Waals surface area (Å²) >= 11 is 0. The molecule has 3 heterocycles. The molecule has 0 amide bonds. The molecule has 0 radical (unpaired) electrons. The molecule has 1 saturated carbocycles. The number of anilines is 1. The van der Waals surface area contributed by atoms with Crippen molar-refractivity contribution < 1.29 is 0 Å². The normalized spacial score (nSPS) is 21.0. The summed E-state index contributed by atoms with van der Waals surface area (Å²) < 4.78 is 1.95. The van der Waals surface area contributed by atoms with Crippen LogP contribution in [0.15, 0.2) is 18.3 Å². The van der Waals surface area contributed by atoms with Crippen molar-refractivity contribution in [2.45, 2.75) is 64.0 Å². The van der Waals surface area contributed by atoms with Gasteiger partial charge < -0.3 is 10.2 Å². The number of aromatic nitrogens is 3. The molecule has 23 heavy (non-hydrogen) atoms. The minimum atomic E-state index is 0.507. The maximum Gasteiger partial charge on any atom is 0.155 e. The predicted molar refractivity (Wildman–Crippen MR) is 92.9 cm³/mol. The second-order valence-electron chi connectivity index (χ2n) is 7.37. The first-order valence-corrected chi connectivity index (χ1v) is 9.06. The van der Waals surface area contributed by atoms with Crippen LogP contribution in [0, 0.1) is 0 Å². The zero-order chi connectivity index (χ0) is 15.8. The molecule has 5 heteroatoms. The Labute approximate surface area is 138 Å². The van der Waals surface area contributed by atoms with Gasteiger partial charge in [0.2, 0.25) is 0 Å². The van der Waals surface area contributed by atoms with Crippen molar-refractivity contribution in [1.29, 1.82) is 0 Å². The molecule has 5 nitrogen and oxygen atoms in total. The van der Waals surface area contributed by atoms with E-state index in [1.807, 2.05) is 4.52 Å². The molecule has 0 aromatic carbocycles. The van der Waals surface area contributed by atoms with Gasteiger partial charge in [-0.15, -0.1) is 0 Å². The molecule has 2 aliphatic rings. The molecular formula is C18H27N5. The zero-order valence-electron chi connectivity index (χ0n) is 14.2. The van der Waals surface area contributed by atoms with Crippen LogP contribution in [0.1, 0.15) is 57.7 Å². The number of likely N-dealkylation sites (tertiary alicyclic amines) is 1. The van der Waals surface area contributed by atoms with E-state index in [2.05, 4.69) is 42.4 Å². The molecule has 0 unspecified atom stereocenters. The second kappa shape index (κ2) is 6.11. The molecule has 2 fully saturated rings. The number of hydrogen-bond donors (Lipinski definition) is 1. The summed E-state index contributed by atoms with van der Waals surface area (Å²) in [5.74, 6) is 1.53. The molecule has 124 valence electrons. The highest BCUT2D eigenvalue weighted by atomic mass is 15.3. The third kappa shape index (κ3) is 3.07. The van der Waals surface area contributed by atoms with Gasteiger partial charge >= 0.3 is 0 Å². The summed E-state index contributed by atoms with van der Waals surface area (Å²) in [6, 6.07) is 5.51. The molecule has 0 atom stereocenters. The first-order chi connectivity index (χ1) is 11.2. The van der Waals surface area contributed by atoms with Gasteiger partial charge in [0.25, 0.3) is 0 Å². The highest BCUT2D eigenvalue weighted by Crippen LogP contribution is 2.28. The maximum atomic E-state index is 4.77. The van der Waals surface area contributed by atoms with Crippen LogP contribution in [0.2, 0.25) is 0 Å². The molecule has 2 aromatic rings. The molecule has 1 N–H and O–H groups in total. The smallest absolute Gasteiger partial charge is 0.155 e. The number of rotatable bonds is 4. The number of fused-ring (bicyclic) bond motifs is 1. The highest BCUT2D eigenvalue weighted by molar-refractivity contribution is 5.50. The summed E-state index contributed by atoms with van der Waals surface area (Å²) in [6.45, 7) is 6.87. The van der Waals surface area contributed by atoms with E-state index in [0.717, 1.165) is 30.2 Å². The lowest BCUT2D eigenvalue weighted by Crippen LogP contribution is -2.38. The summed E-state index contributed by atoms with van der Waals surface area (Å²) in [7, 11) is 0. The van der Waals surface area contributed by atoms with Crippen LogP contribution in [-0.2, 0) is 0 Å². The van der Waals surface area contributed by atoms with Crippen molar-refractivity contribution in [1.82, 2.24) is 19.5 Å². The Kier molecular flexibility index (Phi) is 3.97. The zero-order valence-corrected chi connectivity index (χ0v) is 14.2. The second-order valence-corrected chi connectivity index (χ2v) is 7.37. The lowest BCUT2D eigenvalue weighted by Gasteiger charge is -2.33. The SMILES string of the molecule is CC(C)N1CCC(c2nc3ccc(NC4CCC4)cn3n2)CC1. The van der Waals surface area contributed by atoms with Gasteiger partial charge in [-0.25, -0.2) is 9.50 Å². The average molecular weight is 313 g/mol. The molecule has 4 rings (SSSR count). The van der Waals surface area contributed by atoms with Gasteiger partial charge in [-0.3, -0.25) is 0 Å². The van der Waals surface area contributed by atoms with Crippen LogP contribution in [0.25, 0.3) is 5.65 Å². The third-order valence-electron chi connectivity index (χ3n) is 5.45. The van der Waals surface area contributed by atoms with E-state index in [4.69, 9.17) is 10.1 Å². The molecular weight excluding hydrogens is 286 g/mol. The van der Waals surface area contributed by atoms with E-state index >= 15 is 0 Å². The van der Waals surface area contributed by atoms with Gasteiger partial charge in [0, 0.05) is 18.0 Å². The lowest BCUT2D eigenvalue weighted by molar-refractivity contribution is 0.169. The molecule has 0 spiro atoms. The van der Waals surface area contributed by atoms with E-state index in [9.17, 15) is 0 Å². The minimum Gasteiger partial charge on any atom is -0.381 e. The van der Waals surface area contributed by atoms with Gasteiger partial charge in [0.15, 0.2) is 11.5 Å². The van der Waals surface area contributed by atoms with Crippen molar-refractivity contribution in [3.63, 3.8) is 0 Å². The summed E-state index contributed by atoms with van der Waals surface area (Å²) in [5, 5.41) is 8.35. The largest absolute Gasteiger partial charge is 0.381 e. The number of piperidine rings is 1. The van der Waals surface area contributed by atoms with Gasteiger partial charge in [0.05, 0.1) is 11.9 Å². The number of nitrogens with one attached hydrogen (secondary N) is 1. The van der Waals surface area contributed by atoms with Gasteiger partial charge in [0.1, 0.15) is 0 Å². The number of nitrogens with zero attached hydrogens (tertiary/aromatic N) is 4. The van der Waals surface area contributed by atoms with Crippen LogP contribution in [0.3, 0.4) is 0 Å². The van der Waals surface area contributed by atoms with Crippen molar-refractivity contribution in [3.05, 3.63) is 24.2 Å². The quantitative estimate of drug-likeness (QED) is 0.941. The summed E-state index contributed by atoms with van der Waals surface area (Å²) in [5.41, 5.74) is 2.12. The van der Waals surface area contributed by atoms with Crippen LogP contribution < -0.4 is 5.32 Å². The van der Waals surface area contributed by atoms with E-state index in [1.165, 1.54) is 32.1 Å². The van der Waals surface area contributed by atoms with Crippen LogP contribution in [0.4, 0.5) is 5.69 Å². The van der Waals surface area contributed by atoms with Crippen molar-refractivity contribution in [3.8, 4) is 0 Å². The van der Waals surface area contributed by atoms with E-state index in [0.29, 0.717) is 18.0 Å². The van der Waals surface area contributed by atoms with Gasteiger partial charge in [-0.1, -0.05) is 0 Å². The summed E-state index contributed by atoms with van der Waals surface area (Å²) in [6.07, 6.45) is 8.35. The van der Waals surface area contributed by atoms with Crippen molar-refractivity contribution in [2.24, 2.45) is 0 Å². The Morgan fingerprint density at radius 3 is 2.57 bits per heavy atom. The Morgan fingerprint density at radius 1 is 1.13 bits per heavy atom. The number of hydrogen-bond acceptors (Lipinski definition) is 4. The monoisotopic (exact) mass is 313 g/mol. The number of pyridine rings is 1. The molecule has 2 aromatic heterocycles. The fourth-order valence-corrected chi connectivity index (χ4v) is 3.62. The van der Waals surface area contributed by atoms with E-state index in [-0.39, 0.29) is 0 Å². The van der Waals surface area contributed by atoms with E-state index in [1.54, 1.807) is 0 Å². The topological polar surface area (TPSA) is 45.5 Å². The molecule has 1 aliphatic carbocycles. The Bertz CT molecular complexity index is 665. The standard InChI is InChI=1S/C18H27N5/c1-13(2)22-10-8-14(9-11-22)18-20-17-7-6-16(12-23(17)21-18)19-15-4-3-5-15/h6-7,12-15,19H,3-5,8-11H2,1-2H3. The fraction of sp³-hybridized carbons (Fsp3) is 0.667. The van der Waals surface area contributed by atoms with Crippen LogP contribution in [-0.4, -0.2) is 44.7 Å². The third-order valence-corrected chi connectivity index (χ3v) is 5.45. The maximum absolute atomic E-state index is 4.77. The van der Waals surface area contributed by atoms with Crippen LogP contribution >= 0.6 is 0 Å². The van der Waals surface area contributed by atoms with Crippen LogP contribution in [0.5, 0.6) is 0 Å². The fourth-order valence-electron chi connectivity index (χ4n) is 3.62. The molecule has 1 saturated heterocycles. The molecule has 1 aliphatic heterocycles. The summed E-state index contributed by atoms with van der Waals surface area (Å²) in [4.78, 5) is 7.31. The highest BCUT2D eigenvalue weighted by Gasteiger charge is 2.25. The minimum absolute atomic E-state index is 0.507. The van der Waals surface area contributed by atoms with Crippen molar-refractivity contribution >= 4 is 11.3 Å². The average Bonchev–Trinajstić information content (AvgIpc) is 2.94. The lowest BCUT2D eigenvalue weighted by atomic mass is 9.93. The first-order valence-electron chi connectivity index (χ1n) is 9.06. The predicted octanol–water partition coefficient (Wildman–Crippen LogP) is 3.28.